The molecule has 0 unspecified atom stereocenters. The molecule has 1 atom stereocenters. The van der Waals surface area contributed by atoms with Crippen LogP contribution in [0.25, 0.3) is 0 Å². The number of rotatable bonds is 4. The standard InChI is InChI=1S/C22H26N4O3/c1-15(27)25-11-9-19-18(13-25)12-23-21(24-19)20-4-3-10-26(20)22(28)17-7-5-16(6-8-17)14-29-2/h5-8,12,20H,3-4,9-11,13-14H2,1-2H3/t20-/m1/s1. The minimum absolute atomic E-state index is 0.0144. The van der Waals surface area contributed by atoms with Crippen molar-refractivity contribution in [1.82, 2.24) is 19.8 Å². The first kappa shape index (κ1) is 19.5. The Morgan fingerprint density at radius 3 is 2.72 bits per heavy atom. The molecule has 0 spiro atoms. The molecule has 1 saturated heterocycles. The Labute approximate surface area is 170 Å². The predicted octanol–water partition coefficient (Wildman–Crippen LogP) is 2.50. The number of hydrogen-bond donors (Lipinski definition) is 0. The van der Waals surface area contributed by atoms with Crippen molar-refractivity contribution in [2.24, 2.45) is 0 Å². The van der Waals surface area contributed by atoms with Crippen LogP contribution in [0.15, 0.2) is 30.5 Å². The maximum absolute atomic E-state index is 13.1. The predicted molar refractivity (Wildman–Crippen MR) is 107 cm³/mol. The first-order valence-electron chi connectivity index (χ1n) is 10.1. The minimum atomic E-state index is -0.0997. The fraction of sp³-hybridized carbons (Fsp3) is 0.455. The summed E-state index contributed by atoms with van der Waals surface area (Å²) >= 11 is 0. The van der Waals surface area contributed by atoms with Crippen LogP contribution in [0.5, 0.6) is 0 Å². The zero-order valence-corrected chi connectivity index (χ0v) is 16.9. The average Bonchev–Trinajstić information content (AvgIpc) is 3.23. The number of carbonyl (C=O) groups is 2. The molecule has 3 heterocycles. The van der Waals surface area contributed by atoms with Crippen molar-refractivity contribution in [2.45, 2.75) is 45.4 Å². The largest absolute Gasteiger partial charge is 0.380 e. The number of benzene rings is 1. The van der Waals surface area contributed by atoms with E-state index in [1.807, 2.05) is 40.3 Å². The van der Waals surface area contributed by atoms with Crippen LogP contribution in [0, 0.1) is 0 Å². The van der Waals surface area contributed by atoms with Gasteiger partial charge in [-0.3, -0.25) is 9.59 Å². The van der Waals surface area contributed by atoms with Crippen LogP contribution in [0.2, 0.25) is 0 Å². The van der Waals surface area contributed by atoms with E-state index in [1.54, 1.807) is 14.0 Å². The van der Waals surface area contributed by atoms with Gasteiger partial charge < -0.3 is 14.5 Å². The highest BCUT2D eigenvalue weighted by atomic mass is 16.5. The van der Waals surface area contributed by atoms with Gasteiger partial charge in [0.1, 0.15) is 0 Å². The van der Waals surface area contributed by atoms with Crippen molar-refractivity contribution < 1.29 is 14.3 Å². The molecule has 2 aliphatic heterocycles. The smallest absolute Gasteiger partial charge is 0.254 e. The van der Waals surface area contributed by atoms with Crippen LogP contribution < -0.4 is 0 Å². The Morgan fingerprint density at radius 1 is 1.21 bits per heavy atom. The van der Waals surface area contributed by atoms with E-state index in [0.29, 0.717) is 37.6 Å². The molecule has 0 saturated carbocycles. The third kappa shape index (κ3) is 4.00. The maximum atomic E-state index is 13.1. The van der Waals surface area contributed by atoms with Gasteiger partial charge in [-0.15, -0.1) is 0 Å². The molecule has 7 nitrogen and oxygen atoms in total. The molecule has 0 radical (unpaired) electrons. The summed E-state index contributed by atoms with van der Waals surface area (Å²) in [6.45, 7) is 4.07. The Bertz CT molecular complexity index is 913. The topological polar surface area (TPSA) is 75.6 Å². The molecule has 4 rings (SSSR count). The summed E-state index contributed by atoms with van der Waals surface area (Å²) in [5.74, 6) is 0.797. The number of amides is 2. The number of likely N-dealkylation sites (tertiary alicyclic amines) is 1. The summed E-state index contributed by atoms with van der Waals surface area (Å²) in [4.78, 5) is 37.8. The molecule has 152 valence electrons. The van der Waals surface area contributed by atoms with Gasteiger partial charge in [-0.05, 0) is 30.5 Å². The molecule has 2 aromatic rings. The molecular weight excluding hydrogens is 368 g/mol. The van der Waals surface area contributed by atoms with E-state index >= 15 is 0 Å². The molecule has 29 heavy (non-hydrogen) atoms. The van der Waals surface area contributed by atoms with Crippen LogP contribution in [0.3, 0.4) is 0 Å². The number of carbonyl (C=O) groups excluding carboxylic acids is 2. The van der Waals surface area contributed by atoms with E-state index in [2.05, 4.69) is 4.98 Å². The fourth-order valence-electron chi connectivity index (χ4n) is 4.12. The second-order valence-electron chi connectivity index (χ2n) is 7.68. The van der Waals surface area contributed by atoms with Crippen molar-refractivity contribution in [3.8, 4) is 0 Å². The van der Waals surface area contributed by atoms with Crippen LogP contribution in [-0.4, -0.2) is 51.8 Å². The normalized spacial score (nSPS) is 18.6. The average molecular weight is 394 g/mol. The number of hydrogen-bond acceptors (Lipinski definition) is 5. The van der Waals surface area contributed by atoms with Crippen LogP contribution in [-0.2, 0) is 29.1 Å². The third-order valence-electron chi connectivity index (χ3n) is 5.72. The summed E-state index contributed by atoms with van der Waals surface area (Å²) in [5, 5.41) is 0. The fourth-order valence-corrected chi connectivity index (χ4v) is 4.12. The van der Waals surface area contributed by atoms with Gasteiger partial charge in [0.05, 0.1) is 18.3 Å². The Balaban J connectivity index is 1.52. The highest BCUT2D eigenvalue weighted by Gasteiger charge is 2.33. The van der Waals surface area contributed by atoms with Gasteiger partial charge in [-0.1, -0.05) is 12.1 Å². The summed E-state index contributed by atoms with van der Waals surface area (Å²) in [5.41, 5.74) is 3.71. The summed E-state index contributed by atoms with van der Waals surface area (Å²) in [6.07, 6.45) is 4.36. The highest BCUT2D eigenvalue weighted by Crippen LogP contribution is 2.32. The van der Waals surface area contributed by atoms with E-state index in [9.17, 15) is 9.59 Å². The first-order valence-corrected chi connectivity index (χ1v) is 10.1. The first-order chi connectivity index (χ1) is 14.1. The van der Waals surface area contributed by atoms with Crippen LogP contribution in [0.4, 0.5) is 0 Å². The molecule has 2 aliphatic rings. The Hall–Kier alpha value is -2.80. The van der Waals surface area contributed by atoms with Gasteiger partial charge >= 0.3 is 0 Å². The molecule has 0 bridgehead atoms. The molecule has 0 N–H and O–H groups in total. The quantitative estimate of drug-likeness (QED) is 0.796. The second kappa shape index (κ2) is 8.29. The SMILES string of the molecule is COCc1ccc(C(=O)N2CCC[C@@H]2c2ncc3c(n2)CCN(C(C)=O)C3)cc1. The molecule has 0 aliphatic carbocycles. The lowest BCUT2D eigenvalue weighted by Gasteiger charge is -2.28. The molecule has 2 amide bonds. The van der Waals surface area contributed by atoms with E-state index in [1.165, 1.54) is 0 Å². The summed E-state index contributed by atoms with van der Waals surface area (Å²) in [6, 6.07) is 7.47. The number of ether oxygens (including phenoxy) is 1. The molecular formula is C22H26N4O3. The van der Waals surface area contributed by atoms with Crippen molar-refractivity contribution >= 4 is 11.8 Å². The summed E-state index contributed by atoms with van der Waals surface area (Å²) in [7, 11) is 1.66. The van der Waals surface area contributed by atoms with Gasteiger partial charge in [0.25, 0.3) is 5.91 Å². The van der Waals surface area contributed by atoms with Crippen molar-refractivity contribution in [2.75, 3.05) is 20.2 Å². The third-order valence-corrected chi connectivity index (χ3v) is 5.72. The zero-order chi connectivity index (χ0) is 20.4. The highest BCUT2D eigenvalue weighted by molar-refractivity contribution is 5.94. The number of methoxy groups -OCH3 is 1. The Kier molecular flexibility index (Phi) is 5.58. The van der Waals surface area contributed by atoms with E-state index in [-0.39, 0.29) is 17.9 Å². The minimum Gasteiger partial charge on any atom is -0.380 e. The summed E-state index contributed by atoms with van der Waals surface area (Å²) < 4.78 is 5.13. The lowest BCUT2D eigenvalue weighted by molar-refractivity contribution is -0.129. The number of fused-ring (bicyclic) bond motifs is 1. The second-order valence-corrected chi connectivity index (χ2v) is 7.68. The maximum Gasteiger partial charge on any atom is 0.254 e. The van der Waals surface area contributed by atoms with E-state index < -0.39 is 0 Å². The van der Waals surface area contributed by atoms with Gasteiger partial charge in [-0.25, -0.2) is 9.97 Å². The van der Waals surface area contributed by atoms with Gasteiger partial charge in [-0.2, -0.15) is 0 Å². The van der Waals surface area contributed by atoms with Crippen LogP contribution >= 0.6 is 0 Å². The van der Waals surface area contributed by atoms with Gasteiger partial charge in [0, 0.05) is 57.4 Å². The van der Waals surface area contributed by atoms with E-state index in [4.69, 9.17) is 9.72 Å². The lowest BCUT2D eigenvalue weighted by atomic mass is 10.1. The van der Waals surface area contributed by atoms with E-state index in [0.717, 1.165) is 36.1 Å². The van der Waals surface area contributed by atoms with Crippen molar-refractivity contribution in [3.05, 3.63) is 58.7 Å². The van der Waals surface area contributed by atoms with Crippen LogP contribution in [0.1, 0.15) is 58.8 Å². The van der Waals surface area contributed by atoms with Crippen molar-refractivity contribution in [3.63, 3.8) is 0 Å². The molecule has 7 heteroatoms. The monoisotopic (exact) mass is 394 g/mol. The molecule has 1 fully saturated rings. The number of aromatic nitrogens is 2. The molecule has 1 aromatic carbocycles. The zero-order valence-electron chi connectivity index (χ0n) is 16.9. The Morgan fingerprint density at radius 2 is 2.00 bits per heavy atom. The van der Waals surface area contributed by atoms with Gasteiger partial charge in [0.2, 0.25) is 5.91 Å². The lowest BCUT2D eigenvalue weighted by Crippen LogP contribution is -2.36. The number of nitrogens with zero attached hydrogens (tertiary/aromatic N) is 4. The molecule has 1 aromatic heterocycles. The van der Waals surface area contributed by atoms with Crippen molar-refractivity contribution in [1.29, 1.82) is 0 Å². The van der Waals surface area contributed by atoms with Gasteiger partial charge in [0.15, 0.2) is 5.82 Å².